The van der Waals surface area contributed by atoms with Crippen LogP contribution >= 0.6 is 11.6 Å². The quantitative estimate of drug-likeness (QED) is 0.744. The lowest BCUT2D eigenvalue weighted by Crippen LogP contribution is -2.08. The number of carbonyl (C=O) groups excluding carboxylic acids is 2. The van der Waals surface area contributed by atoms with E-state index in [0.717, 1.165) is 0 Å². The zero-order chi connectivity index (χ0) is 13.4. The van der Waals surface area contributed by atoms with Crippen molar-refractivity contribution in [3.8, 4) is 5.75 Å². The first-order valence-corrected chi connectivity index (χ1v) is 5.79. The van der Waals surface area contributed by atoms with Crippen molar-refractivity contribution in [3.05, 3.63) is 28.9 Å². The fraction of sp³-hybridized carbons (Fsp3) is 0.231. The Balaban J connectivity index is 2.82. The van der Waals surface area contributed by atoms with Crippen LogP contribution in [0.15, 0.2) is 18.2 Å². The van der Waals surface area contributed by atoms with Crippen molar-refractivity contribution >= 4 is 34.4 Å². The van der Waals surface area contributed by atoms with Crippen molar-refractivity contribution in [1.82, 2.24) is 4.57 Å². The van der Waals surface area contributed by atoms with E-state index in [9.17, 15) is 9.59 Å². The highest BCUT2D eigenvalue weighted by Crippen LogP contribution is 2.34. The maximum absolute atomic E-state index is 11.7. The summed E-state index contributed by atoms with van der Waals surface area (Å²) in [5, 5.41) is 1.22. The van der Waals surface area contributed by atoms with Gasteiger partial charge in [0, 0.05) is 24.3 Å². The van der Waals surface area contributed by atoms with Gasteiger partial charge in [0.05, 0.1) is 11.2 Å². The molecule has 0 aliphatic carbocycles. The second kappa shape index (κ2) is 4.46. The van der Waals surface area contributed by atoms with Crippen molar-refractivity contribution in [3.63, 3.8) is 0 Å². The Bertz CT molecular complexity index is 658. The molecule has 0 bridgehead atoms. The fourth-order valence-corrected chi connectivity index (χ4v) is 2.20. The summed E-state index contributed by atoms with van der Waals surface area (Å²) >= 11 is 5.93. The number of carbonyl (C=O) groups is 2. The standard InChI is InChI=1S/C13H12ClNO3/c1-7-13(18-9(3)17)11-5-4-10(14)6-12(11)15(7)8(2)16/h4-6H,1-3H3. The van der Waals surface area contributed by atoms with Gasteiger partial charge in [0.15, 0.2) is 5.75 Å². The van der Waals surface area contributed by atoms with Crippen LogP contribution in [0, 0.1) is 6.92 Å². The summed E-state index contributed by atoms with van der Waals surface area (Å²) in [6.45, 7) is 4.50. The molecule has 0 fully saturated rings. The molecular formula is C13H12ClNO3. The van der Waals surface area contributed by atoms with Crippen molar-refractivity contribution < 1.29 is 14.3 Å². The molecule has 0 atom stereocenters. The highest BCUT2D eigenvalue weighted by atomic mass is 35.5. The first-order chi connectivity index (χ1) is 8.41. The molecule has 0 aliphatic rings. The molecule has 0 spiro atoms. The molecular weight excluding hydrogens is 254 g/mol. The van der Waals surface area contributed by atoms with Crippen molar-refractivity contribution in [2.45, 2.75) is 20.8 Å². The van der Waals surface area contributed by atoms with Gasteiger partial charge in [0.1, 0.15) is 0 Å². The molecule has 4 nitrogen and oxygen atoms in total. The Labute approximate surface area is 109 Å². The summed E-state index contributed by atoms with van der Waals surface area (Å²) in [6.07, 6.45) is 0. The Morgan fingerprint density at radius 1 is 1.28 bits per heavy atom. The van der Waals surface area contributed by atoms with Gasteiger partial charge >= 0.3 is 5.97 Å². The lowest BCUT2D eigenvalue weighted by atomic mass is 10.2. The number of fused-ring (bicyclic) bond motifs is 1. The SMILES string of the molecule is CC(=O)Oc1c(C)n(C(C)=O)c2cc(Cl)ccc12. The molecule has 5 heteroatoms. The van der Waals surface area contributed by atoms with Crippen LogP contribution < -0.4 is 4.74 Å². The smallest absolute Gasteiger partial charge is 0.308 e. The first-order valence-electron chi connectivity index (χ1n) is 5.41. The van der Waals surface area contributed by atoms with Crippen LogP contribution in [0.25, 0.3) is 10.9 Å². The summed E-state index contributed by atoms with van der Waals surface area (Å²) in [4.78, 5) is 22.8. The summed E-state index contributed by atoms with van der Waals surface area (Å²) < 4.78 is 6.66. The maximum atomic E-state index is 11.7. The van der Waals surface area contributed by atoms with Gasteiger partial charge in [-0.25, -0.2) is 0 Å². The monoisotopic (exact) mass is 265 g/mol. The molecule has 0 N–H and O–H groups in total. The number of hydrogen-bond acceptors (Lipinski definition) is 3. The van der Waals surface area contributed by atoms with Crippen LogP contribution in [-0.2, 0) is 4.79 Å². The zero-order valence-corrected chi connectivity index (χ0v) is 11.0. The average molecular weight is 266 g/mol. The van der Waals surface area contributed by atoms with Gasteiger partial charge in [-0.2, -0.15) is 0 Å². The summed E-state index contributed by atoms with van der Waals surface area (Å²) in [5.74, 6) is -0.168. The Morgan fingerprint density at radius 2 is 1.94 bits per heavy atom. The topological polar surface area (TPSA) is 48.3 Å². The highest BCUT2D eigenvalue weighted by molar-refractivity contribution is 6.31. The van der Waals surface area contributed by atoms with E-state index in [4.69, 9.17) is 16.3 Å². The molecule has 1 aromatic heterocycles. The van der Waals surface area contributed by atoms with Crippen LogP contribution in [-0.4, -0.2) is 16.4 Å². The van der Waals surface area contributed by atoms with Gasteiger partial charge in [-0.15, -0.1) is 0 Å². The predicted octanol–water partition coefficient (Wildman–Crippen LogP) is 3.19. The third-order valence-corrected chi connectivity index (χ3v) is 2.91. The third-order valence-electron chi connectivity index (χ3n) is 2.67. The van der Waals surface area contributed by atoms with Crippen LogP contribution in [0.2, 0.25) is 5.02 Å². The minimum Gasteiger partial charge on any atom is -0.424 e. The molecule has 0 radical (unpaired) electrons. The number of halogens is 1. The minimum atomic E-state index is -0.421. The van der Waals surface area contributed by atoms with Gasteiger partial charge in [-0.3, -0.25) is 14.2 Å². The lowest BCUT2D eigenvalue weighted by Gasteiger charge is -2.03. The molecule has 1 aromatic carbocycles. The second-order valence-corrected chi connectivity index (χ2v) is 4.46. The van der Waals surface area contributed by atoms with Crippen LogP contribution in [0.5, 0.6) is 5.75 Å². The summed E-state index contributed by atoms with van der Waals surface area (Å²) in [5.41, 5.74) is 1.23. The molecule has 18 heavy (non-hydrogen) atoms. The summed E-state index contributed by atoms with van der Waals surface area (Å²) in [6, 6.07) is 5.11. The number of benzene rings is 1. The number of ether oxygens (including phenoxy) is 1. The minimum absolute atomic E-state index is 0.154. The normalized spacial score (nSPS) is 10.7. The predicted molar refractivity (Wildman–Crippen MR) is 69.3 cm³/mol. The van der Waals surface area contributed by atoms with Crippen molar-refractivity contribution in [2.24, 2.45) is 0 Å². The zero-order valence-electron chi connectivity index (χ0n) is 10.3. The second-order valence-electron chi connectivity index (χ2n) is 4.02. The number of hydrogen-bond donors (Lipinski definition) is 0. The van der Waals surface area contributed by atoms with Gasteiger partial charge in [0.2, 0.25) is 5.91 Å². The largest absolute Gasteiger partial charge is 0.424 e. The van der Waals surface area contributed by atoms with E-state index in [-0.39, 0.29) is 5.91 Å². The van der Waals surface area contributed by atoms with E-state index in [0.29, 0.717) is 27.4 Å². The first kappa shape index (κ1) is 12.6. The molecule has 0 aliphatic heterocycles. The molecule has 94 valence electrons. The number of rotatable bonds is 1. The highest BCUT2D eigenvalue weighted by Gasteiger charge is 2.19. The van der Waals surface area contributed by atoms with Gasteiger partial charge in [0.25, 0.3) is 0 Å². The fourth-order valence-electron chi connectivity index (χ4n) is 2.04. The van der Waals surface area contributed by atoms with Crippen LogP contribution in [0.1, 0.15) is 24.3 Å². The number of aromatic nitrogens is 1. The van der Waals surface area contributed by atoms with E-state index < -0.39 is 5.97 Å². The molecule has 0 unspecified atom stereocenters. The van der Waals surface area contributed by atoms with E-state index in [1.807, 2.05) is 0 Å². The Morgan fingerprint density at radius 3 is 2.50 bits per heavy atom. The van der Waals surface area contributed by atoms with Gasteiger partial charge in [-0.1, -0.05) is 11.6 Å². The maximum Gasteiger partial charge on any atom is 0.308 e. The van der Waals surface area contributed by atoms with Crippen molar-refractivity contribution in [2.75, 3.05) is 0 Å². The van der Waals surface area contributed by atoms with Gasteiger partial charge < -0.3 is 4.74 Å². The van der Waals surface area contributed by atoms with E-state index in [1.165, 1.54) is 18.4 Å². The third kappa shape index (κ3) is 1.99. The van der Waals surface area contributed by atoms with Gasteiger partial charge in [-0.05, 0) is 25.1 Å². The number of esters is 1. The number of nitrogens with zero attached hydrogens (tertiary/aromatic N) is 1. The Kier molecular flexibility index (Phi) is 3.13. The molecule has 1 heterocycles. The molecule has 0 amide bonds. The molecule has 0 saturated heterocycles. The van der Waals surface area contributed by atoms with Crippen molar-refractivity contribution in [1.29, 1.82) is 0 Å². The molecule has 2 rings (SSSR count). The van der Waals surface area contributed by atoms with E-state index in [1.54, 1.807) is 25.1 Å². The van der Waals surface area contributed by atoms with E-state index in [2.05, 4.69) is 0 Å². The molecule has 2 aromatic rings. The summed E-state index contributed by atoms with van der Waals surface area (Å²) in [7, 11) is 0. The average Bonchev–Trinajstić information content (AvgIpc) is 2.50. The van der Waals surface area contributed by atoms with E-state index >= 15 is 0 Å². The molecule has 0 saturated carbocycles. The Hall–Kier alpha value is -1.81. The van der Waals surface area contributed by atoms with Crippen LogP contribution in [0.3, 0.4) is 0 Å². The van der Waals surface area contributed by atoms with Crippen LogP contribution in [0.4, 0.5) is 0 Å². The lowest BCUT2D eigenvalue weighted by molar-refractivity contribution is -0.131.